The quantitative estimate of drug-likeness (QED) is 0.391. The van der Waals surface area contributed by atoms with E-state index < -0.39 is 0 Å². The molecule has 1 fully saturated rings. The molecule has 148 valence electrons. The van der Waals surface area contributed by atoms with Crippen LogP contribution in [0.4, 0.5) is 5.69 Å². The van der Waals surface area contributed by atoms with Crippen LogP contribution in [0.5, 0.6) is 0 Å². The zero-order chi connectivity index (χ0) is 20.5. The maximum Gasteiger partial charge on any atom is 0.174 e. The second-order valence-electron chi connectivity index (χ2n) is 7.04. The molecule has 0 amide bonds. The SMILES string of the molecule is S=C1N[C@H](c2ccccn2)[C@H](c2ccc(-c3ccc(Cl)cc3)o2)N1c1ccccc1. The second kappa shape index (κ2) is 7.94. The van der Waals surface area contributed by atoms with Crippen LogP contribution in [0.15, 0.2) is 95.5 Å². The maximum atomic E-state index is 6.33. The third kappa shape index (κ3) is 3.47. The van der Waals surface area contributed by atoms with Crippen molar-refractivity contribution in [3.05, 3.63) is 108 Å². The number of para-hydroxylation sites is 1. The highest BCUT2D eigenvalue weighted by atomic mass is 35.5. The van der Waals surface area contributed by atoms with Gasteiger partial charge in [-0.3, -0.25) is 4.98 Å². The molecule has 1 N–H and O–H groups in total. The summed E-state index contributed by atoms with van der Waals surface area (Å²) in [7, 11) is 0. The summed E-state index contributed by atoms with van der Waals surface area (Å²) in [5.74, 6) is 1.60. The van der Waals surface area contributed by atoms with Crippen molar-refractivity contribution in [1.29, 1.82) is 0 Å². The highest BCUT2D eigenvalue weighted by Crippen LogP contribution is 2.42. The highest BCUT2D eigenvalue weighted by Gasteiger charge is 2.42. The van der Waals surface area contributed by atoms with Crippen LogP contribution in [0.1, 0.15) is 23.5 Å². The first kappa shape index (κ1) is 18.9. The number of nitrogens with one attached hydrogen (secondary N) is 1. The minimum absolute atomic E-state index is 0.136. The number of nitrogens with zero attached hydrogens (tertiary/aromatic N) is 2. The lowest BCUT2D eigenvalue weighted by Crippen LogP contribution is -2.29. The number of hydrogen-bond donors (Lipinski definition) is 1. The average molecular weight is 432 g/mol. The molecule has 3 heterocycles. The molecule has 1 saturated heterocycles. The molecule has 30 heavy (non-hydrogen) atoms. The average Bonchev–Trinajstić information content (AvgIpc) is 3.40. The summed E-state index contributed by atoms with van der Waals surface area (Å²) >= 11 is 11.8. The molecular formula is C24H18ClN3OS. The summed E-state index contributed by atoms with van der Waals surface area (Å²) < 4.78 is 6.33. The number of anilines is 1. The number of hydrogen-bond acceptors (Lipinski definition) is 3. The number of furan rings is 1. The topological polar surface area (TPSA) is 41.3 Å². The van der Waals surface area contributed by atoms with E-state index in [4.69, 9.17) is 28.2 Å². The van der Waals surface area contributed by atoms with Gasteiger partial charge in [0.2, 0.25) is 0 Å². The van der Waals surface area contributed by atoms with Crippen LogP contribution in [-0.4, -0.2) is 10.1 Å². The van der Waals surface area contributed by atoms with E-state index in [0.717, 1.165) is 28.5 Å². The number of benzene rings is 2. The maximum absolute atomic E-state index is 6.33. The number of halogens is 1. The van der Waals surface area contributed by atoms with Gasteiger partial charge >= 0.3 is 0 Å². The Morgan fingerprint density at radius 3 is 2.40 bits per heavy atom. The van der Waals surface area contributed by atoms with Gasteiger partial charge in [-0.2, -0.15) is 0 Å². The molecule has 2 atom stereocenters. The van der Waals surface area contributed by atoms with Crippen molar-refractivity contribution in [2.24, 2.45) is 0 Å². The van der Waals surface area contributed by atoms with Gasteiger partial charge in [0.15, 0.2) is 5.11 Å². The number of aromatic nitrogens is 1. The summed E-state index contributed by atoms with van der Waals surface area (Å²) in [4.78, 5) is 6.66. The van der Waals surface area contributed by atoms with E-state index in [2.05, 4.69) is 15.2 Å². The second-order valence-corrected chi connectivity index (χ2v) is 7.86. The molecule has 0 saturated carbocycles. The summed E-state index contributed by atoms with van der Waals surface area (Å²) in [6.45, 7) is 0. The van der Waals surface area contributed by atoms with Crippen LogP contribution < -0.4 is 10.2 Å². The van der Waals surface area contributed by atoms with Gasteiger partial charge in [0.25, 0.3) is 0 Å². The Hall–Kier alpha value is -3.15. The lowest BCUT2D eigenvalue weighted by molar-refractivity contribution is 0.439. The van der Waals surface area contributed by atoms with Crippen molar-refractivity contribution >= 4 is 34.6 Å². The minimum Gasteiger partial charge on any atom is -0.459 e. The van der Waals surface area contributed by atoms with Crippen LogP contribution in [0.2, 0.25) is 5.02 Å². The Morgan fingerprint density at radius 2 is 1.67 bits per heavy atom. The number of rotatable bonds is 4. The fraction of sp³-hybridized carbons (Fsp3) is 0.0833. The van der Waals surface area contributed by atoms with E-state index >= 15 is 0 Å². The Balaban J connectivity index is 1.59. The first-order valence-corrected chi connectivity index (χ1v) is 10.4. The fourth-order valence-electron chi connectivity index (χ4n) is 3.79. The predicted octanol–water partition coefficient (Wildman–Crippen LogP) is 6.17. The summed E-state index contributed by atoms with van der Waals surface area (Å²) in [5.41, 5.74) is 2.88. The van der Waals surface area contributed by atoms with Crippen molar-refractivity contribution < 1.29 is 4.42 Å². The van der Waals surface area contributed by atoms with Crippen LogP contribution >= 0.6 is 23.8 Å². The third-order valence-corrected chi connectivity index (χ3v) is 5.75. The molecule has 0 bridgehead atoms. The van der Waals surface area contributed by atoms with Crippen molar-refractivity contribution in [3.8, 4) is 11.3 Å². The zero-order valence-corrected chi connectivity index (χ0v) is 17.5. The van der Waals surface area contributed by atoms with Gasteiger partial charge in [-0.15, -0.1) is 0 Å². The molecule has 2 aromatic carbocycles. The van der Waals surface area contributed by atoms with Gasteiger partial charge < -0.3 is 14.6 Å². The van der Waals surface area contributed by atoms with Gasteiger partial charge in [-0.25, -0.2) is 0 Å². The molecule has 1 aliphatic heterocycles. The molecule has 2 aromatic heterocycles. The minimum atomic E-state index is -0.171. The molecule has 4 aromatic rings. The molecule has 0 radical (unpaired) electrons. The van der Waals surface area contributed by atoms with Gasteiger partial charge in [-0.1, -0.05) is 35.9 Å². The molecule has 4 nitrogen and oxygen atoms in total. The van der Waals surface area contributed by atoms with Gasteiger partial charge in [0.1, 0.15) is 17.6 Å². The van der Waals surface area contributed by atoms with Crippen LogP contribution in [0.3, 0.4) is 0 Å². The van der Waals surface area contributed by atoms with Gasteiger partial charge in [0.05, 0.1) is 11.7 Å². The van der Waals surface area contributed by atoms with Crippen LogP contribution in [0, 0.1) is 0 Å². The zero-order valence-electron chi connectivity index (χ0n) is 15.9. The lowest BCUT2D eigenvalue weighted by Gasteiger charge is -2.26. The van der Waals surface area contributed by atoms with Gasteiger partial charge in [0, 0.05) is 22.5 Å². The van der Waals surface area contributed by atoms with Crippen molar-refractivity contribution in [3.63, 3.8) is 0 Å². The molecular weight excluding hydrogens is 414 g/mol. The van der Waals surface area contributed by atoms with E-state index in [1.165, 1.54) is 0 Å². The van der Waals surface area contributed by atoms with E-state index in [-0.39, 0.29) is 12.1 Å². The Kier molecular flexibility index (Phi) is 4.99. The summed E-state index contributed by atoms with van der Waals surface area (Å²) in [5, 5.41) is 4.78. The fourth-order valence-corrected chi connectivity index (χ4v) is 4.26. The predicted molar refractivity (Wildman–Crippen MR) is 124 cm³/mol. The first-order chi connectivity index (χ1) is 14.7. The number of pyridine rings is 1. The summed E-state index contributed by atoms with van der Waals surface area (Å²) in [6.07, 6.45) is 1.80. The third-order valence-electron chi connectivity index (χ3n) is 5.18. The van der Waals surface area contributed by atoms with E-state index in [9.17, 15) is 0 Å². The molecule has 0 spiro atoms. The Labute approximate surface area is 185 Å². The smallest absolute Gasteiger partial charge is 0.174 e. The lowest BCUT2D eigenvalue weighted by atomic mass is 10.0. The standard InChI is InChI=1S/C24H18ClN3OS/c25-17-11-9-16(10-12-17)20-13-14-21(29-20)23-22(19-8-4-5-15-26-19)27-24(30)28(23)18-6-2-1-3-7-18/h1-15,22-23H,(H,27,30)/t22-,23+/m1/s1. The van der Waals surface area contributed by atoms with Crippen LogP contribution in [0.25, 0.3) is 11.3 Å². The Morgan fingerprint density at radius 1 is 0.900 bits per heavy atom. The largest absolute Gasteiger partial charge is 0.459 e. The molecule has 5 rings (SSSR count). The number of thiocarbonyl (C=S) groups is 1. The Bertz CT molecular complexity index is 1160. The molecule has 0 unspecified atom stereocenters. The monoisotopic (exact) mass is 431 g/mol. The summed E-state index contributed by atoms with van der Waals surface area (Å²) in [6, 6.07) is 27.3. The highest BCUT2D eigenvalue weighted by molar-refractivity contribution is 7.80. The van der Waals surface area contributed by atoms with Crippen molar-refractivity contribution in [2.75, 3.05) is 4.90 Å². The molecule has 1 aliphatic rings. The van der Waals surface area contributed by atoms with E-state index in [1.807, 2.05) is 84.9 Å². The normalized spacial score (nSPS) is 18.4. The molecule has 0 aliphatic carbocycles. The van der Waals surface area contributed by atoms with E-state index in [1.54, 1.807) is 6.20 Å². The van der Waals surface area contributed by atoms with Gasteiger partial charge in [-0.05, 0) is 72.9 Å². The van der Waals surface area contributed by atoms with E-state index in [0.29, 0.717) is 10.1 Å². The van der Waals surface area contributed by atoms with Crippen molar-refractivity contribution in [2.45, 2.75) is 12.1 Å². The van der Waals surface area contributed by atoms with Crippen LogP contribution in [-0.2, 0) is 0 Å². The first-order valence-electron chi connectivity index (χ1n) is 9.62. The molecule has 6 heteroatoms. The van der Waals surface area contributed by atoms with Crippen molar-refractivity contribution in [1.82, 2.24) is 10.3 Å².